The van der Waals surface area contributed by atoms with E-state index in [1.807, 2.05) is 28.9 Å². The van der Waals surface area contributed by atoms with E-state index < -0.39 is 0 Å². The average molecular weight is 412 g/mol. The van der Waals surface area contributed by atoms with Gasteiger partial charge in [-0.3, -0.25) is 4.98 Å². The third-order valence-electron chi connectivity index (χ3n) is 5.25. The van der Waals surface area contributed by atoms with Crippen LogP contribution in [0, 0.1) is 0 Å². The van der Waals surface area contributed by atoms with Crippen molar-refractivity contribution in [3.05, 3.63) is 52.3 Å². The molecule has 0 N–H and O–H groups in total. The highest BCUT2D eigenvalue weighted by Crippen LogP contribution is 2.31. The molecule has 3 aromatic heterocycles. The molecule has 0 saturated heterocycles. The van der Waals surface area contributed by atoms with Crippen molar-refractivity contribution in [2.45, 2.75) is 78.1 Å². The Balaban J connectivity index is 1.56. The lowest BCUT2D eigenvalue weighted by Gasteiger charge is -2.00. The molecule has 3 heterocycles. The molecule has 0 aromatic carbocycles. The topological polar surface area (TPSA) is 12.9 Å². The Morgan fingerprint density at radius 3 is 1.89 bits per heavy atom. The van der Waals surface area contributed by atoms with E-state index in [1.165, 1.54) is 90.7 Å². The first kappa shape index (κ1) is 21.3. The first-order valence-corrected chi connectivity index (χ1v) is 12.7. The summed E-state index contributed by atoms with van der Waals surface area (Å²) in [6, 6.07) is 9.10. The standard InChI is InChI=1S/C25H33NS2/c1-3-5-7-9-11-20-15-24(27-18-20)22-13-14-23(26-17-22)25-16-21(19-28-25)12-10-8-6-4-2/h13-19H,3-12H2,1-2H3. The van der Waals surface area contributed by atoms with Gasteiger partial charge in [-0.2, -0.15) is 0 Å². The van der Waals surface area contributed by atoms with Crippen LogP contribution in [0.1, 0.15) is 76.3 Å². The smallest absolute Gasteiger partial charge is 0.0802 e. The average Bonchev–Trinajstić information content (AvgIpc) is 3.39. The summed E-state index contributed by atoms with van der Waals surface area (Å²) < 4.78 is 0. The van der Waals surface area contributed by atoms with Crippen LogP contribution in [-0.2, 0) is 12.8 Å². The van der Waals surface area contributed by atoms with Gasteiger partial charge in [-0.05, 0) is 71.8 Å². The molecule has 3 heteroatoms. The molecule has 0 atom stereocenters. The van der Waals surface area contributed by atoms with Gasteiger partial charge < -0.3 is 0 Å². The zero-order chi connectivity index (χ0) is 19.6. The number of hydrogen-bond donors (Lipinski definition) is 0. The summed E-state index contributed by atoms with van der Waals surface area (Å²) in [6.07, 6.45) is 15.1. The second-order valence-corrected chi connectivity index (χ2v) is 9.51. The Morgan fingerprint density at radius 2 is 1.32 bits per heavy atom. The monoisotopic (exact) mass is 411 g/mol. The zero-order valence-electron chi connectivity index (χ0n) is 17.4. The van der Waals surface area contributed by atoms with Crippen LogP contribution in [0.25, 0.3) is 21.0 Å². The lowest BCUT2D eigenvalue weighted by molar-refractivity contribution is 0.667. The highest BCUT2D eigenvalue weighted by molar-refractivity contribution is 7.14. The Labute approximate surface area is 178 Å². The zero-order valence-corrected chi connectivity index (χ0v) is 19.0. The van der Waals surface area contributed by atoms with Crippen LogP contribution >= 0.6 is 22.7 Å². The lowest BCUT2D eigenvalue weighted by Crippen LogP contribution is -1.84. The van der Waals surface area contributed by atoms with E-state index in [4.69, 9.17) is 4.98 Å². The summed E-state index contributed by atoms with van der Waals surface area (Å²) in [5.41, 5.74) is 5.29. The highest BCUT2D eigenvalue weighted by atomic mass is 32.1. The predicted molar refractivity (Wildman–Crippen MR) is 127 cm³/mol. The molecule has 0 spiro atoms. The molecule has 0 aliphatic carbocycles. The second kappa shape index (κ2) is 11.5. The van der Waals surface area contributed by atoms with Crippen LogP contribution in [-0.4, -0.2) is 4.98 Å². The summed E-state index contributed by atoms with van der Waals surface area (Å²) >= 11 is 3.67. The first-order chi connectivity index (χ1) is 13.8. The SMILES string of the molecule is CCCCCCc1csc(-c2ccc(-c3cc(CCCCCC)cs3)nc2)c1. The maximum absolute atomic E-state index is 4.76. The van der Waals surface area contributed by atoms with E-state index in [2.05, 4.69) is 48.9 Å². The maximum atomic E-state index is 4.76. The van der Waals surface area contributed by atoms with Crippen LogP contribution in [0.5, 0.6) is 0 Å². The molecule has 3 aromatic rings. The van der Waals surface area contributed by atoms with E-state index >= 15 is 0 Å². The Hall–Kier alpha value is -1.45. The summed E-state index contributed by atoms with van der Waals surface area (Å²) in [7, 11) is 0. The first-order valence-electron chi connectivity index (χ1n) is 10.9. The molecule has 0 saturated carbocycles. The summed E-state index contributed by atoms with van der Waals surface area (Å²) in [5.74, 6) is 0. The van der Waals surface area contributed by atoms with Crippen molar-refractivity contribution in [2.24, 2.45) is 0 Å². The molecule has 0 aliphatic rings. The van der Waals surface area contributed by atoms with Crippen molar-refractivity contribution in [1.29, 1.82) is 0 Å². The maximum Gasteiger partial charge on any atom is 0.0802 e. The molecule has 150 valence electrons. The van der Waals surface area contributed by atoms with Crippen LogP contribution in [0.4, 0.5) is 0 Å². The minimum Gasteiger partial charge on any atom is -0.255 e. The summed E-state index contributed by atoms with van der Waals surface area (Å²) in [6.45, 7) is 4.53. The Bertz CT molecular complexity index is 744. The number of aromatic nitrogens is 1. The van der Waals surface area contributed by atoms with Gasteiger partial charge in [-0.15, -0.1) is 22.7 Å². The van der Waals surface area contributed by atoms with Gasteiger partial charge in [0, 0.05) is 16.6 Å². The fourth-order valence-corrected chi connectivity index (χ4v) is 5.36. The quantitative estimate of drug-likeness (QED) is 0.271. The fraction of sp³-hybridized carbons (Fsp3) is 0.480. The van der Waals surface area contributed by atoms with E-state index in [9.17, 15) is 0 Å². The molecule has 0 radical (unpaired) electrons. The number of aryl methyl sites for hydroxylation is 2. The predicted octanol–water partition coefficient (Wildman–Crippen LogP) is 8.78. The Morgan fingerprint density at radius 1 is 0.714 bits per heavy atom. The van der Waals surface area contributed by atoms with Gasteiger partial charge in [-0.1, -0.05) is 52.4 Å². The van der Waals surface area contributed by atoms with E-state index in [-0.39, 0.29) is 0 Å². The molecule has 1 nitrogen and oxygen atoms in total. The lowest BCUT2D eigenvalue weighted by atomic mass is 10.1. The molecule has 0 bridgehead atoms. The highest BCUT2D eigenvalue weighted by Gasteiger charge is 2.07. The van der Waals surface area contributed by atoms with Gasteiger partial charge in [0.1, 0.15) is 0 Å². The van der Waals surface area contributed by atoms with E-state index in [0.717, 1.165) is 5.69 Å². The van der Waals surface area contributed by atoms with Crippen molar-refractivity contribution >= 4 is 22.7 Å². The molecule has 0 aliphatic heterocycles. The molecule has 0 unspecified atom stereocenters. The van der Waals surface area contributed by atoms with Gasteiger partial charge in [0.2, 0.25) is 0 Å². The number of thiophene rings is 2. The third-order valence-corrected chi connectivity index (χ3v) is 7.28. The van der Waals surface area contributed by atoms with Crippen molar-refractivity contribution < 1.29 is 0 Å². The van der Waals surface area contributed by atoms with E-state index in [0.29, 0.717) is 0 Å². The van der Waals surface area contributed by atoms with Gasteiger partial charge in [0.15, 0.2) is 0 Å². The molecule has 3 rings (SSSR count). The van der Waals surface area contributed by atoms with Gasteiger partial charge in [-0.25, -0.2) is 0 Å². The van der Waals surface area contributed by atoms with E-state index in [1.54, 1.807) is 0 Å². The summed E-state index contributed by atoms with van der Waals surface area (Å²) in [4.78, 5) is 7.39. The number of nitrogens with zero attached hydrogens (tertiary/aromatic N) is 1. The van der Waals surface area contributed by atoms with Crippen molar-refractivity contribution in [3.8, 4) is 21.0 Å². The normalized spacial score (nSPS) is 11.2. The van der Waals surface area contributed by atoms with Crippen molar-refractivity contribution in [2.75, 3.05) is 0 Å². The van der Waals surface area contributed by atoms with Crippen molar-refractivity contribution in [3.63, 3.8) is 0 Å². The van der Waals surface area contributed by atoms with Gasteiger partial charge in [0.05, 0.1) is 10.6 Å². The number of unbranched alkanes of at least 4 members (excludes halogenated alkanes) is 6. The third kappa shape index (κ3) is 6.28. The molecule has 28 heavy (non-hydrogen) atoms. The van der Waals surface area contributed by atoms with Crippen LogP contribution < -0.4 is 0 Å². The molecular formula is C25H33NS2. The molecular weight excluding hydrogens is 378 g/mol. The molecule has 0 amide bonds. The fourth-order valence-electron chi connectivity index (χ4n) is 3.50. The van der Waals surface area contributed by atoms with Gasteiger partial charge in [0.25, 0.3) is 0 Å². The molecule has 0 fully saturated rings. The van der Waals surface area contributed by atoms with Crippen LogP contribution in [0.15, 0.2) is 41.2 Å². The number of hydrogen-bond acceptors (Lipinski definition) is 3. The van der Waals surface area contributed by atoms with Crippen LogP contribution in [0.2, 0.25) is 0 Å². The summed E-state index contributed by atoms with van der Waals surface area (Å²) in [5, 5.41) is 4.63. The Kier molecular flexibility index (Phi) is 8.75. The van der Waals surface area contributed by atoms with Crippen molar-refractivity contribution in [1.82, 2.24) is 4.98 Å². The number of rotatable bonds is 12. The minimum atomic E-state index is 1.10. The van der Waals surface area contributed by atoms with Gasteiger partial charge >= 0.3 is 0 Å². The second-order valence-electron chi connectivity index (χ2n) is 7.69. The largest absolute Gasteiger partial charge is 0.255 e. The number of pyridine rings is 1. The van der Waals surface area contributed by atoms with Crippen LogP contribution in [0.3, 0.4) is 0 Å². The minimum absolute atomic E-state index is 1.10.